The van der Waals surface area contributed by atoms with Crippen LogP contribution in [-0.2, 0) is 0 Å². The van der Waals surface area contributed by atoms with Gasteiger partial charge in [0.15, 0.2) is 0 Å². The first-order valence-electron chi connectivity index (χ1n) is 5.13. The third-order valence-corrected chi connectivity index (χ3v) is 2.80. The predicted molar refractivity (Wildman–Crippen MR) is 66.1 cm³/mol. The van der Waals surface area contributed by atoms with E-state index in [4.69, 9.17) is 18.0 Å². The van der Waals surface area contributed by atoms with Crippen LogP contribution in [0, 0.1) is 5.92 Å². The molecule has 1 amide bonds. The van der Waals surface area contributed by atoms with Gasteiger partial charge in [-0.05, 0) is 6.92 Å². The SMILES string of the molecule is CCN(CC(C)C(N)=S)C(=O)c1cn[nH]c1. The minimum Gasteiger partial charge on any atom is -0.393 e. The lowest BCUT2D eigenvalue weighted by Crippen LogP contribution is -2.38. The molecule has 1 unspecified atom stereocenters. The Labute approximate surface area is 100 Å². The number of thiocarbonyl (C=S) groups is 1. The molecule has 88 valence electrons. The molecule has 0 fully saturated rings. The van der Waals surface area contributed by atoms with E-state index in [-0.39, 0.29) is 11.8 Å². The van der Waals surface area contributed by atoms with E-state index in [1.807, 2.05) is 13.8 Å². The molecule has 0 saturated heterocycles. The summed E-state index contributed by atoms with van der Waals surface area (Å²) in [4.78, 5) is 14.1. The summed E-state index contributed by atoms with van der Waals surface area (Å²) in [6.07, 6.45) is 3.09. The van der Waals surface area contributed by atoms with Crippen molar-refractivity contribution in [3.8, 4) is 0 Å². The highest BCUT2D eigenvalue weighted by Crippen LogP contribution is 2.06. The van der Waals surface area contributed by atoms with Crippen LogP contribution >= 0.6 is 12.2 Å². The Morgan fingerprint density at radius 3 is 2.88 bits per heavy atom. The lowest BCUT2D eigenvalue weighted by atomic mass is 10.1. The van der Waals surface area contributed by atoms with Crippen molar-refractivity contribution < 1.29 is 4.79 Å². The number of amides is 1. The summed E-state index contributed by atoms with van der Waals surface area (Å²) in [6, 6.07) is 0. The molecule has 6 heteroatoms. The van der Waals surface area contributed by atoms with Crippen molar-refractivity contribution in [3.63, 3.8) is 0 Å². The molecule has 1 rings (SSSR count). The number of aromatic amines is 1. The van der Waals surface area contributed by atoms with Crippen LogP contribution in [0.25, 0.3) is 0 Å². The van der Waals surface area contributed by atoms with E-state index in [0.29, 0.717) is 23.6 Å². The fourth-order valence-electron chi connectivity index (χ4n) is 1.33. The average molecular weight is 240 g/mol. The highest BCUT2D eigenvalue weighted by molar-refractivity contribution is 7.80. The lowest BCUT2D eigenvalue weighted by Gasteiger charge is -2.23. The van der Waals surface area contributed by atoms with Crippen molar-refractivity contribution in [1.82, 2.24) is 15.1 Å². The van der Waals surface area contributed by atoms with Crippen molar-refractivity contribution in [2.24, 2.45) is 11.7 Å². The fourth-order valence-corrected chi connectivity index (χ4v) is 1.40. The largest absolute Gasteiger partial charge is 0.393 e. The average Bonchev–Trinajstić information content (AvgIpc) is 2.77. The zero-order valence-corrected chi connectivity index (χ0v) is 10.3. The van der Waals surface area contributed by atoms with Crippen molar-refractivity contribution in [2.75, 3.05) is 13.1 Å². The van der Waals surface area contributed by atoms with E-state index in [9.17, 15) is 4.79 Å². The summed E-state index contributed by atoms with van der Waals surface area (Å²) >= 11 is 4.89. The van der Waals surface area contributed by atoms with Gasteiger partial charge in [0.05, 0.1) is 16.7 Å². The van der Waals surface area contributed by atoms with Crippen molar-refractivity contribution in [3.05, 3.63) is 18.0 Å². The molecule has 0 spiro atoms. The third-order valence-electron chi connectivity index (χ3n) is 2.39. The Balaban J connectivity index is 2.68. The number of rotatable bonds is 5. The van der Waals surface area contributed by atoms with Crippen molar-refractivity contribution >= 4 is 23.1 Å². The minimum absolute atomic E-state index is 0.0193. The van der Waals surface area contributed by atoms with Gasteiger partial charge in [-0.15, -0.1) is 0 Å². The molecule has 0 aromatic carbocycles. The molecule has 3 N–H and O–H groups in total. The third kappa shape index (κ3) is 3.03. The van der Waals surface area contributed by atoms with Crippen LogP contribution < -0.4 is 5.73 Å². The first kappa shape index (κ1) is 12.6. The maximum absolute atomic E-state index is 12.0. The van der Waals surface area contributed by atoms with Gasteiger partial charge in [0, 0.05) is 25.2 Å². The van der Waals surface area contributed by atoms with E-state index in [0.717, 1.165) is 0 Å². The topological polar surface area (TPSA) is 75.0 Å². The molecule has 5 nitrogen and oxygen atoms in total. The molecule has 0 aliphatic heterocycles. The van der Waals surface area contributed by atoms with Crippen LogP contribution in [0.3, 0.4) is 0 Å². The van der Waals surface area contributed by atoms with E-state index in [2.05, 4.69) is 10.2 Å². The number of hydrogen-bond acceptors (Lipinski definition) is 3. The smallest absolute Gasteiger partial charge is 0.257 e. The Morgan fingerprint density at radius 2 is 2.44 bits per heavy atom. The zero-order valence-electron chi connectivity index (χ0n) is 9.43. The number of nitrogens with zero attached hydrogens (tertiary/aromatic N) is 2. The van der Waals surface area contributed by atoms with E-state index >= 15 is 0 Å². The zero-order chi connectivity index (χ0) is 12.1. The summed E-state index contributed by atoms with van der Waals surface area (Å²) in [7, 11) is 0. The monoisotopic (exact) mass is 240 g/mol. The first-order valence-corrected chi connectivity index (χ1v) is 5.54. The molecule has 1 aromatic rings. The molecule has 1 atom stereocenters. The lowest BCUT2D eigenvalue weighted by molar-refractivity contribution is 0.0755. The molecule has 0 aliphatic rings. The molecular formula is C10H16N4OS. The number of hydrogen-bond donors (Lipinski definition) is 2. The van der Waals surface area contributed by atoms with E-state index in [1.54, 1.807) is 11.1 Å². The highest BCUT2D eigenvalue weighted by Gasteiger charge is 2.18. The quantitative estimate of drug-likeness (QED) is 0.746. The van der Waals surface area contributed by atoms with Crippen molar-refractivity contribution in [2.45, 2.75) is 13.8 Å². The van der Waals surface area contributed by atoms with Crippen LogP contribution in [0.2, 0.25) is 0 Å². The maximum atomic E-state index is 12.0. The van der Waals surface area contributed by atoms with E-state index in [1.165, 1.54) is 6.20 Å². The van der Waals surface area contributed by atoms with Crippen LogP contribution in [0.5, 0.6) is 0 Å². The summed E-state index contributed by atoms with van der Waals surface area (Å²) in [5, 5.41) is 6.37. The Hall–Kier alpha value is -1.43. The van der Waals surface area contributed by atoms with Crippen LogP contribution in [0.1, 0.15) is 24.2 Å². The van der Waals surface area contributed by atoms with Crippen LogP contribution in [0.4, 0.5) is 0 Å². The van der Waals surface area contributed by atoms with Crippen LogP contribution in [-0.4, -0.2) is 39.1 Å². The van der Waals surface area contributed by atoms with Gasteiger partial charge < -0.3 is 10.6 Å². The van der Waals surface area contributed by atoms with Gasteiger partial charge in [-0.1, -0.05) is 19.1 Å². The second kappa shape index (κ2) is 5.60. The number of carbonyl (C=O) groups is 1. The van der Waals surface area contributed by atoms with E-state index < -0.39 is 0 Å². The highest BCUT2D eigenvalue weighted by atomic mass is 32.1. The number of aromatic nitrogens is 2. The second-order valence-electron chi connectivity index (χ2n) is 3.63. The number of H-pyrrole nitrogens is 1. The van der Waals surface area contributed by atoms with Gasteiger partial charge in [0.2, 0.25) is 0 Å². The second-order valence-corrected chi connectivity index (χ2v) is 4.11. The number of carbonyl (C=O) groups excluding carboxylic acids is 1. The molecule has 0 aliphatic carbocycles. The predicted octanol–water partition coefficient (Wildman–Crippen LogP) is 0.794. The molecular weight excluding hydrogens is 224 g/mol. The summed E-state index contributed by atoms with van der Waals surface area (Å²) < 4.78 is 0. The minimum atomic E-state index is -0.0562. The normalized spacial score (nSPS) is 12.1. The van der Waals surface area contributed by atoms with Crippen LogP contribution in [0.15, 0.2) is 12.4 Å². The first-order chi connectivity index (χ1) is 7.56. The standard InChI is InChI=1S/C10H16N4OS/c1-3-14(6-7(2)9(11)16)10(15)8-4-12-13-5-8/h4-5,7H,3,6H2,1-2H3,(H2,11,16)(H,12,13). The van der Waals surface area contributed by atoms with Gasteiger partial charge in [-0.25, -0.2) is 0 Å². The Bertz CT molecular complexity index is 363. The van der Waals surface area contributed by atoms with Crippen molar-refractivity contribution in [1.29, 1.82) is 0 Å². The molecule has 0 saturated carbocycles. The number of nitrogens with two attached hydrogens (primary N) is 1. The molecule has 1 heterocycles. The summed E-state index contributed by atoms with van der Waals surface area (Å²) in [5.41, 5.74) is 6.09. The van der Waals surface area contributed by atoms with Gasteiger partial charge in [0.1, 0.15) is 0 Å². The molecule has 0 bridgehead atoms. The molecule has 0 radical (unpaired) electrons. The van der Waals surface area contributed by atoms with Gasteiger partial charge >= 0.3 is 0 Å². The Kier molecular flexibility index (Phi) is 4.42. The fraction of sp³-hybridized carbons (Fsp3) is 0.500. The summed E-state index contributed by atoms with van der Waals surface area (Å²) in [6.45, 7) is 4.99. The van der Waals surface area contributed by atoms with Gasteiger partial charge in [-0.3, -0.25) is 9.89 Å². The van der Waals surface area contributed by atoms with Gasteiger partial charge in [-0.2, -0.15) is 5.10 Å². The Morgan fingerprint density at radius 1 is 1.75 bits per heavy atom. The molecule has 16 heavy (non-hydrogen) atoms. The summed E-state index contributed by atoms with van der Waals surface area (Å²) in [5.74, 6) is -0.0369. The van der Waals surface area contributed by atoms with Gasteiger partial charge in [0.25, 0.3) is 5.91 Å². The maximum Gasteiger partial charge on any atom is 0.257 e. The molecule has 1 aromatic heterocycles. The number of nitrogens with one attached hydrogen (secondary N) is 1.